The molecule has 4 aromatic heterocycles. The quantitative estimate of drug-likeness (QED) is 0.123. The van der Waals surface area contributed by atoms with Crippen LogP contribution in [0.25, 0.3) is 22.8 Å². The van der Waals surface area contributed by atoms with E-state index in [0.717, 1.165) is 52.2 Å². The smallest absolute Gasteiger partial charge is 0.328 e. The second-order valence-corrected chi connectivity index (χ2v) is 11.8. The minimum absolute atomic E-state index is 0. The summed E-state index contributed by atoms with van der Waals surface area (Å²) < 4.78 is 4.42. The van der Waals surface area contributed by atoms with Crippen molar-refractivity contribution in [3.05, 3.63) is 143 Å². The molecule has 0 saturated heterocycles. The molecule has 0 fully saturated rings. The number of hydrogen-bond donors (Lipinski definition) is 0. The Morgan fingerprint density at radius 2 is 0.868 bits per heavy atom. The summed E-state index contributed by atoms with van der Waals surface area (Å²) in [6.07, 6.45) is 8.54. The molecular formula is C41H40Br4Co2N6-2. The number of halogens is 4. The second kappa shape index (κ2) is 23.3. The van der Waals surface area contributed by atoms with E-state index in [2.05, 4.69) is 122 Å². The number of hydrogen-bond acceptors (Lipinski definition) is 4. The Morgan fingerprint density at radius 1 is 0.491 bits per heavy atom. The van der Waals surface area contributed by atoms with Gasteiger partial charge in [-0.1, -0.05) is 47.5 Å². The van der Waals surface area contributed by atoms with Gasteiger partial charge in [-0.15, -0.1) is 0 Å². The van der Waals surface area contributed by atoms with E-state index in [1.807, 2.05) is 48.5 Å². The molecule has 2 radical (unpaired) electrons. The molecule has 4 heterocycles. The van der Waals surface area contributed by atoms with Gasteiger partial charge in [0.2, 0.25) is 11.4 Å². The monoisotopic (exact) mass is 1050 g/mol. The molecule has 0 amide bonds. The zero-order valence-corrected chi connectivity index (χ0v) is 38.5. The molecule has 53 heavy (non-hydrogen) atoms. The SMILES string of the molecule is CC=[N+](c1cccc(-c2ccccn2)n1)c1c(C)cc(C)cc1Cc1cc(C)cc(C)c1[N+](=CC)c1cccc(-c2ccccn2)n1.[Br-].[Br-].[Br-].[Br-].[Co].[Co]. The molecule has 6 aromatic rings. The third kappa shape index (κ3) is 11.7. The van der Waals surface area contributed by atoms with Gasteiger partial charge in [0.15, 0.2) is 0 Å². The van der Waals surface area contributed by atoms with E-state index in [1.165, 1.54) is 33.4 Å². The van der Waals surface area contributed by atoms with Crippen molar-refractivity contribution in [3.63, 3.8) is 0 Å². The van der Waals surface area contributed by atoms with Crippen LogP contribution in [0, 0.1) is 27.7 Å². The average molecular weight is 1050 g/mol. The molecule has 0 atom stereocenters. The third-order valence-electron chi connectivity index (χ3n) is 8.24. The summed E-state index contributed by atoms with van der Waals surface area (Å²) in [6.45, 7) is 12.8. The van der Waals surface area contributed by atoms with Gasteiger partial charge in [0.05, 0.1) is 12.4 Å². The van der Waals surface area contributed by atoms with Crippen molar-refractivity contribution in [3.8, 4) is 22.8 Å². The van der Waals surface area contributed by atoms with Crippen LogP contribution < -0.4 is 77.1 Å². The van der Waals surface area contributed by atoms with Gasteiger partial charge in [-0.25, -0.2) is 9.15 Å². The summed E-state index contributed by atoms with van der Waals surface area (Å²) in [5, 5.41) is 0. The van der Waals surface area contributed by atoms with E-state index in [4.69, 9.17) is 9.97 Å². The van der Waals surface area contributed by atoms with Crippen LogP contribution >= 0.6 is 0 Å². The average Bonchev–Trinajstić information content (AvgIpc) is 3.08. The normalized spacial score (nSPS) is 10.6. The minimum Gasteiger partial charge on any atom is -1.00 e. The van der Waals surface area contributed by atoms with Crippen molar-refractivity contribution in [2.75, 3.05) is 0 Å². The van der Waals surface area contributed by atoms with E-state index in [1.54, 1.807) is 12.4 Å². The van der Waals surface area contributed by atoms with Crippen LogP contribution in [0.15, 0.2) is 109 Å². The Bertz CT molecular complexity index is 1990. The first-order valence-corrected chi connectivity index (χ1v) is 16.0. The molecule has 6 rings (SSSR count). The van der Waals surface area contributed by atoms with Crippen molar-refractivity contribution in [2.24, 2.45) is 0 Å². The van der Waals surface area contributed by atoms with Crippen LogP contribution in [0.2, 0.25) is 0 Å². The largest absolute Gasteiger partial charge is 1.00 e. The topological polar surface area (TPSA) is 57.6 Å². The molecule has 0 N–H and O–H groups in total. The minimum atomic E-state index is 0. The van der Waals surface area contributed by atoms with Crippen molar-refractivity contribution >= 4 is 35.4 Å². The molecule has 0 unspecified atom stereocenters. The number of aromatic nitrogens is 4. The van der Waals surface area contributed by atoms with E-state index >= 15 is 0 Å². The zero-order valence-electron chi connectivity index (χ0n) is 30.1. The summed E-state index contributed by atoms with van der Waals surface area (Å²) in [7, 11) is 0. The molecule has 0 aliphatic rings. The molecule has 0 aliphatic carbocycles. The molecule has 0 bridgehead atoms. The van der Waals surface area contributed by atoms with Crippen LogP contribution in [0.3, 0.4) is 0 Å². The summed E-state index contributed by atoms with van der Waals surface area (Å²) >= 11 is 0. The fraction of sp³-hybridized carbons (Fsp3) is 0.171. The Balaban J connectivity index is 0.00000451. The first-order chi connectivity index (χ1) is 22.9. The number of benzene rings is 2. The van der Waals surface area contributed by atoms with E-state index in [-0.39, 0.29) is 101 Å². The van der Waals surface area contributed by atoms with Crippen molar-refractivity contribution < 1.29 is 101 Å². The summed E-state index contributed by atoms with van der Waals surface area (Å²) in [4.78, 5) is 19.2. The van der Waals surface area contributed by atoms with Gasteiger partial charge < -0.3 is 67.9 Å². The third-order valence-corrected chi connectivity index (χ3v) is 8.24. The van der Waals surface area contributed by atoms with Gasteiger partial charge >= 0.3 is 11.6 Å². The van der Waals surface area contributed by atoms with Gasteiger partial charge in [0, 0.05) is 75.6 Å². The fourth-order valence-corrected chi connectivity index (χ4v) is 6.44. The standard InChI is InChI=1S/C41H40N6.4BrH.2Co/c1-7-46(38-19-13-17-36(44-38)34-15-9-11-21-42-34)40-30(5)23-28(3)25-32(40)27-33-26-29(4)24-31(6)41(33)47(8-2)39-20-14-18-37(45-39)35-16-10-12-22-43-35;;;;;;/h7-26H,27H2,1-6H3;4*1H;;/q+2;;;;;;/p-4. The van der Waals surface area contributed by atoms with Gasteiger partial charge in [-0.3, -0.25) is 9.97 Å². The number of aryl methyl sites for hydroxylation is 4. The molecular weight excluding hydrogens is 1010 g/mol. The summed E-state index contributed by atoms with van der Waals surface area (Å²) in [5.74, 6) is 1.70. The Kier molecular flexibility index (Phi) is 22.1. The summed E-state index contributed by atoms with van der Waals surface area (Å²) in [5.41, 5.74) is 12.9. The summed E-state index contributed by atoms with van der Waals surface area (Å²) in [6, 6.07) is 33.2. The van der Waals surface area contributed by atoms with Gasteiger partial charge in [-0.2, -0.15) is 0 Å². The van der Waals surface area contributed by atoms with Crippen molar-refractivity contribution in [1.82, 2.24) is 29.1 Å². The van der Waals surface area contributed by atoms with Crippen LogP contribution in [0.5, 0.6) is 0 Å². The van der Waals surface area contributed by atoms with Crippen molar-refractivity contribution in [2.45, 2.75) is 48.0 Å². The second-order valence-electron chi connectivity index (χ2n) is 11.8. The Morgan fingerprint density at radius 3 is 1.21 bits per heavy atom. The van der Waals surface area contributed by atoms with Crippen molar-refractivity contribution in [1.29, 1.82) is 0 Å². The number of rotatable bonds is 8. The van der Waals surface area contributed by atoms with Crippen LogP contribution in [-0.2, 0) is 40.0 Å². The van der Waals surface area contributed by atoms with Crippen LogP contribution in [-0.4, -0.2) is 32.4 Å². The molecule has 0 spiro atoms. The zero-order chi connectivity index (χ0) is 32.9. The molecule has 282 valence electrons. The predicted octanol–water partition coefficient (Wildman–Crippen LogP) is -2.71. The fourth-order valence-electron chi connectivity index (χ4n) is 6.44. The maximum absolute atomic E-state index is 5.07. The maximum atomic E-state index is 5.07. The first kappa shape index (κ1) is 50.3. The molecule has 12 heteroatoms. The Labute approximate surface area is 376 Å². The van der Waals surface area contributed by atoms with E-state index in [9.17, 15) is 0 Å². The molecule has 0 saturated carbocycles. The number of nitrogens with zero attached hydrogens (tertiary/aromatic N) is 6. The van der Waals surface area contributed by atoms with E-state index in [0.29, 0.717) is 0 Å². The van der Waals surface area contributed by atoms with Crippen LogP contribution in [0.1, 0.15) is 47.2 Å². The molecule has 0 aliphatic heterocycles. The Hall–Kier alpha value is -2.69. The molecule has 2 aromatic carbocycles. The molecule has 6 nitrogen and oxygen atoms in total. The predicted molar refractivity (Wildman–Crippen MR) is 196 cm³/mol. The van der Waals surface area contributed by atoms with E-state index < -0.39 is 0 Å². The van der Waals surface area contributed by atoms with Gasteiger partial charge in [0.1, 0.15) is 22.8 Å². The van der Waals surface area contributed by atoms with Gasteiger partial charge in [0.25, 0.3) is 0 Å². The van der Waals surface area contributed by atoms with Crippen LogP contribution in [0.4, 0.5) is 23.0 Å². The first-order valence-electron chi connectivity index (χ1n) is 16.0. The maximum Gasteiger partial charge on any atom is 0.328 e. The number of pyridine rings is 4. The van der Waals surface area contributed by atoms with Gasteiger partial charge in [-0.05, 0) is 111 Å².